The number of carbonyl (C=O) groups excluding carboxylic acids is 1. The van der Waals surface area contributed by atoms with E-state index in [1.165, 1.54) is 30.5 Å². The number of pyridine rings is 2. The van der Waals surface area contributed by atoms with E-state index in [4.69, 9.17) is 21.7 Å². The first-order valence-electron chi connectivity index (χ1n) is 14.0. The Labute approximate surface area is 259 Å². The molecule has 228 valence electrons. The molecule has 1 amide bonds. The van der Waals surface area contributed by atoms with E-state index in [1.807, 2.05) is 24.1 Å². The Morgan fingerprint density at radius 1 is 1.04 bits per heavy atom. The number of aryl methyl sites for hydroxylation is 1. The van der Waals surface area contributed by atoms with Gasteiger partial charge >= 0.3 is 5.57 Å². The second-order valence-electron chi connectivity index (χ2n) is 10.9. The van der Waals surface area contributed by atoms with Crippen molar-refractivity contribution in [2.24, 2.45) is 0 Å². The van der Waals surface area contributed by atoms with Crippen LogP contribution < -0.4 is 15.0 Å². The Morgan fingerprint density at radius 2 is 1.82 bits per heavy atom. The molecule has 1 saturated heterocycles. The zero-order valence-electron chi connectivity index (χ0n) is 23.7. The van der Waals surface area contributed by atoms with Gasteiger partial charge in [-0.25, -0.2) is 24.0 Å². The first-order valence-corrected chi connectivity index (χ1v) is 14.4. The van der Waals surface area contributed by atoms with Crippen LogP contribution in [0.1, 0.15) is 33.6 Å². The topological polar surface area (TPSA) is 111 Å². The lowest BCUT2D eigenvalue weighted by Crippen LogP contribution is -2.22. The van der Waals surface area contributed by atoms with Gasteiger partial charge in [0.25, 0.3) is 5.91 Å². The van der Waals surface area contributed by atoms with Crippen LogP contribution >= 0.6 is 11.6 Å². The molecule has 1 N–H and O–H groups in total. The van der Waals surface area contributed by atoms with Gasteiger partial charge < -0.3 is 15.0 Å². The molecule has 0 radical (unpaired) electrons. The number of carbonyl (C=O) groups is 1. The number of fused-ring (bicyclic) bond motifs is 3. The fraction of sp³-hybridized carbons (Fsp3) is 0.226. The van der Waals surface area contributed by atoms with Crippen molar-refractivity contribution in [1.82, 2.24) is 29.7 Å². The van der Waals surface area contributed by atoms with E-state index in [-0.39, 0.29) is 17.9 Å². The zero-order chi connectivity index (χ0) is 31.3. The summed E-state index contributed by atoms with van der Waals surface area (Å²) in [5.74, 6) is 0.347. The van der Waals surface area contributed by atoms with Gasteiger partial charge in [0, 0.05) is 83.5 Å². The lowest BCUT2D eigenvalue weighted by Gasteiger charge is -2.21. The highest BCUT2D eigenvalue weighted by molar-refractivity contribution is 6.20. The third-order valence-corrected chi connectivity index (χ3v) is 7.64. The molecule has 7 rings (SSSR count). The summed E-state index contributed by atoms with van der Waals surface area (Å²) in [7, 11) is 0. The molecule has 14 heteroatoms. The summed E-state index contributed by atoms with van der Waals surface area (Å²) in [5, 5.41) is 7.48. The van der Waals surface area contributed by atoms with E-state index in [9.17, 15) is 18.0 Å². The third kappa shape index (κ3) is 5.90. The highest BCUT2D eigenvalue weighted by Crippen LogP contribution is 2.39. The Balaban J connectivity index is 1.21. The molecule has 0 spiro atoms. The average molecular weight is 633 g/mol. The number of nitrogens with zero attached hydrogens (tertiary/aromatic N) is 7. The van der Waals surface area contributed by atoms with Crippen LogP contribution in [0.5, 0.6) is 5.75 Å². The summed E-state index contributed by atoms with van der Waals surface area (Å²) < 4.78 is 46.1. The second-order valence-corrected chi connectivity index (χ2v) is 11.3. The number of anilines is 2. The SMILES string of the molecule is Cc1cnc(-n2cc3c(n2)-c2cc(-c4cc(C(=O)Nc5ccc(OC(F)(F)Cl)cc5)cnc4N4CC[C@@H](F)C4)cnc2C3)nc1. The van der Waals surface area contributed by atoms with Gasteiger partial charge in [-0.3, -0.25) is 9.78 Å². The average Bonchev–Trinajstić information content (AvgIpc) is 3.72. The summed E-state index contributed by atoms with van der Waals surface area (Å²) in [5.41, 5.74) is 2.40. The second kappa shape index (κ2) is 11.1. The van der Waals surface area contributed by atoms with Gasteiger partial charge in [-0.15, -0.1) is 8.78 Å². The van der Waals surface area contributed by atoms with Gasteiger partial charge in [-0.1, -0.05) is 0 Å². The summed E-state index contributed by atoms with van der Waals surface area (Å²) in [4.78, 5) is 33.2. The molecule has 0 bridgehead atoms. The number of aromatic nitrogens is 6. The number of benzene rings is 1. The van der Waals surface area contributed by atoms with E-state index in [0.29, 0.717) is 48.0 Å². The number of amides is 1. The molecule has 1 aromatic carbocycles. The molecule has 0 unspecified atom stereocenters. The zero-order valence-corrected chi connectivity index (χ0v) is 24.5. The van der Waals surface area contributed by atoms with Crippen LogP contribution in [0.4, 0.5) is 24.7 Å². The number of halogens is 4. The van der Waals surface area contributed by atoms with Crippen molar-refractivity contribution in [1.29, 1.82) is 0 Å². The molecule has 5 aromatic rings. The van der Waals surface area contributed by atoms with Gasteiger partial charge in [-0.2, -0.15) is 5.10 Å². The first-order chi connectivity index (χ1) is 21.6. The lowest BCUT2D eigenvalue weighted by atomic mass is 10.0. The molecule has 1 fully saturated rings. The molecule has 1 atom stereocenters. The van der Waals surface area contributed by atoms with Crippen LogP contribution in [0.3, 0.4) is 0 Å². The van der Waals surface area contributed by atoms with Gasteiger partial charge in [0.05, 0.1) is 23.5 Å². The first kappa shape index (κ1) is 28.7. The molecule has 2 aliphatic rings. The van der Waals surface area contributed by atoms with Crippen molar-refractivity contribution < 1.29 is 22.7 Å². The molecular formula is C31H24ClF3N8O2. The smallest absolute Gasteiger partial charge is 0.420 e. The Kier molecular flexibility index (Phi) is 7.11. The number of hydrogen-bond donors (Lipinski definition) is 1. The molecule has 4 aromatic heterocycles. The van der Waals surface area contributed by atoms with Crippen LogP contribution in [0.15, 0.2) is 67.4 Å². The van der Waals surface area contributed by atoms with Crippen molar-refractivity contribution in [2.45, 2.75) is 31.5 Å². The van der Waals surface area contributed by atoms with E-state index >= 15 is 0 Å². The van der Waals surface area contributed by atoms with Gasteiger partial charge in [-0.05, 0) is 55.3 Å². The highest BCUT2D eigenvalue weighted by atomic mass is 35.5. The lowest BCUT2D eigenvalue weighted by molar-refractivity contribution is -0.0964. The quantitative estimate of drug-likeness (QED) is 0.215. The minimum Gasteiger partial charge on any atom is -0.420 e. The van der Waals surface area contributed by atoms with E-state index < -0.39 is 17.6 Å². The van der Waals surface area contributed by atoms with Crippen LogP contribution in [0.25, 0.3) is 28.3 Å². The molecular weight excluding hydrogens is 609 g/mol. The molecule has 45 heavy (non-hydrogen) atoms. The minimum atomic E-state index is -3.85. The summed E-state index contributed by atoms with van der Waals surface area (Å²) in [6.45, 7) is 2.58. The highest BCUT2D eigenvalue weighted by Gasteiger charge is 2.29. The summed E-state index contributed by atoms with van der Waals surface area (Å²) in [6.07, 6.45) is 8.48. The van der Waals surface area contributed by atoms with Crippen molar-refractivity contribution in [3.8, 4) is 34.1 Å². The Bertz CT molecular complexity index is 1910. The monoisotopic (exact) mass is 632 g/mol. The minimum absolute atomic E-state index is 0.165. The van der Waals surface area contributed by atoms with Crippen molar-refractivity contribution in [3.05, 3.63) is 89.8 Å². The van der Waals surface area contributed by atoms with Crippen molar-refractivity contribution >= 4 is 29.0 Å². The maximum atomic E-state index is 14.2. The third-order valence-electron chi connectivity index (χ3n) is 7.56. The molecule has 1 aliphatic carbocycles. The normalized spacial score (nSPS) is 15.6. The summed E-state index contributed by atoms with van der Waals surface area (Å²) in [6, 6.07) is 8.98. The maximum absolute atomic E-state index is 14.2. The van der Waals surface area contributed by atoms with E-state index in [2.05, 4.69) is 25.0 Å². The predicted octanol–water partition coefficient (Wildman–Crippen LogP) is 5.97. The fourth-order valence-electron chi connectivity index (χ4n) is 5.44. The van der Waals surface area contributed by atoms with Crippen LogP contribution in [0, 0.1) is 6.92 Å². The van der Waals surface area contributed by atoms with Gasteiger partial charge in [0.2, 0.25) is 5.95 Å². The molecule has 5 heterocycles. The van der Waals surface area contributed by atoms with Crippen LogP contribution in [-0.4, -0.2) is 60.5 Å². The molecule has 1 aliphatic heterocycles. The standard InChI is InChI=1S/C31H24ClF3N8O2/c1-17-11-38-30(39-12-17)43-15-20-10-26-25(27(20)41-43)8-18(13-36-26)24-9-19(14-37-28(24)42-7-6-21(33)16-42)29(44)40-22-2-4-23(5-3-22)45-31(32,34)35/h2-5,8-9,11-15,21H,6-7,10,16H2,1H3,(H,40,44)/t21-/m1/s1. The Hall–Kier alpha value is -5.04. The maximum Gasteiger partial charge on any atom is 0.487 e. The number of alkyl halides is 4. The summed E-state index contributed by atoms with van der Waals surface area (Å²) >= 11 is 4.82. The van der Waals surface area contributed by atoms with E-state index in [1.54, 1.807) is 29.3 Å². The van der Waals surface area contributed by atoms with Gasteiger partial charge in [0.15, 0.2) is 0 Å². The number of nitrogens with one attached hydrogen (secondary N) is 1. The molecule has 10 nitrogen and oxygen atoms in total. The number of rotatable bonds is 7. The van der Waals surface area contributed by atoms with Crippen molar-refractivity contribution in [3.63, 3.8) is 0 Å². The Morgan fingerprint density at radius 3 is 2.53 bits per heavy atom. The number of ether oxygens (including phenoxy) is 1. The van der Waals surface area contributed by atoms with Crippen LogP contribution in [0.2, 0.25) is 0 Å². The van der Waals surface area contributed by atoms with Gasteiger partial charge in [0.1, 0.15) is 17.7 Å². The van der Waals surface area contributed by atoms with E-state index in [0.717, 1.165) is 28.1 Å². The van der Waals surface area contributed by atoms with Crippen LogP contribution in [-0.2, 0) is 6.42 Å². The van der Waals surface area contributed by atoms with Crippen molar-refractivity contribution in [2.75, 3.05) is 23.3 Å². The predicted molar refractivity (Wildman–Crippen MR) is 161 cm³/mol. The number of hydrogen-bond acceptors (Lipinski definition) is 8. The molecule has 0 saturated carbocycles. The fourth-order valence-corrected chi connectivity index (χ4v) is 5.53. The largest absolute Gasteiger partial charge is 0.487 e.